The molecule has 2 rings (SSSR count). The molecule has 0 bridgehead atoms. The van der Waals surface area contributed by atoms with Gasteiger partial charge in [0.05, 0.1) is 16.9 Å². The van der Waals surface area contributed by atoms with E-state index in [1.165, 1.54) is 13.0 Å². The quantitative estimate of drug-likeness (QED) is 0.461. The Morgan fingerprint density at radius 2 is 2.28 bits per heavy atom. The number of carbonyl (C=O) groups excluding carboxylic acids is 1. The van der Waals surface area contributed by atoms with Crippen molar-refractivity contribution in [3.05, 3.63) is 39.9 Å². The summed E-state index contributed by atoms with van der Waals surface area (Å²) in [5, 5.41) is 14.6. The Hall–Kier alpha value is -2.44. The molecular weight excluding hydrogens is 240 g/mol. The number of oxime groups is 1. The normalized spacial score (nSPS) is 17.8. The number of esters is 1. The van der Waals surface area contributed by atoms with Gasteiger partial charge in [0.2, 0.25) is 0 Å². The van der Waals surface area contributed by atoms with Crippen molar-refractivity contribution in [2.24, 2.45) is 5.16 Å². The van der Waals surface area contributed by atoms with Gasteiger partial charge in [0, 0.05) is 13.0 Å². The van der Waals surface area contributed by atoms with Crippen LogP contribution in [-0.4, -0.2) is 22.9 Å². The molecule has 7 heteroatoms. The lowest BCUT2D eigenvalue weighted by Gasteiger charge is -2.06. The van der Waals surface area contributed by atoms with Crippen molar-refractivity contribution >= 4 is 17.4 Å². The maximum Gasteiger partial charge on any atom is 0.305 e. The number of nitro benzene ring substituents is 1. The molecule has 0 N–H and O–H groups in total. The minimum absolute atomic E-state index is 0.0525. The third-order valence-electron chi connectivity index (χ3n) is 2.35. The topological polar surface area (TPSA) is 91.0 Å². The summed E-state index contributed by atoms with van der Waals surface area (Å²) in [5.41, 5.74) is 0.717. The number of para-hydroxylation sites is 1. The smallest absolute Gasteiger partial charge is 0.305 e. The van der Waals surface area contributed by atoms with Crippen molar-refractivity contribution in [3.8, 4) is 0 Å². The van der Waals surface area contributed by atoms with Gasteiger partial charge in [-0.1, -0.05) is 17.3 Å². The second-order valence-corrected chi connectivity index (χ2v) is 3.66. The van der Waals surface area contributed by atoms with Gasteiger partial charge in [-0.2, -0.15) is 0 Å². The molecule has 0 fully saturated rings. The summed E-state index contributed by atoms with van der Waals surface area (Å²) in [6.45, 7) is 1.26. The lowest BCUT2D eigenvalue weighted by Crippen LogP contribution is -2.16. The monoisotopic (exact) mass is 250 g/mol. The molecule has 0 radical (unpaired) electrons. The molecule has 1 atom stereocenters. The van der Waals surface area contributed by atoms with Gasteiger partial charge in [-0.05, 0) is 6.07 Å². The predicted octanol–water partition coefficient (Wildman–Crippen LogP) is 1.61. The maximum atomic E-state index is 10.9. The van der Waals surface area contributed by atoms with E-state index in [-0.39, 0.29) is 12.1 Å². The fourth-order valence-corrected chi connectivity index (χ4v) is 1.64. The number of hydrogen-bond acceptors (Lipinski definition) is 6. The van der Waals surface area contributed by atoms with Crippen LogP contribution in [0.2, 0.25) is 0 Å². The minimum atomic E-state index is -0.808. The molecule has 0 saturated carbocycles. The van der Waals surface area contributed by atoms with Crippen LogP contribution in [0.15, 0.2) is 29.4 Å². The molecule has 1 aliphatic heterocycles. The van der Waals surface area contributed by atoms with Gasteiger partial charge < -0.3 is 9.57 Å². The van der Waals surface area contributed by atoms with Gasteiger partial charge in [0.25, 0.3) is 12.0 Å². The Bertz CT molecular complexity index is 526. The molecule has 0 aromatic heterocycles. The molecule has 94 valence electrons. The maximum absolute atomic E-state index is 10.9. The van der Waals surface area contributed by atoms with E-state index in [9.17, 15) is 14.9 Å². The van der Waals surface area contributed by atoms with Gasteiger partial charge >= 0.3 is 5.97 Å². The van der Waals surface area contributed by atoms with Crippen molar-refractivity contribution in [1.82, 2.24) is 0 Å². The Balaban J connectivity index is 2.19. The largest absolute Gasteiger partial charge is 0.423 e. The zero-order valence-corrected chi connectivity index (χ0v) is 9.53. The fourth-order valence-electron chi connectivity index (χ4n) is 1.64. The van der Waals surface area contributed by atoms with Crippen LogP contribution in [0.3, 0.4) is 0 Å². The van der Waals surface area contributed by atoms with Crippen LogP contribution in [0.5, 0.6) is 0 Å². The van der Waals surface area contributed by atoms with Crippen molar-refractivity contribution in [3.63, 3.8) is 0 Å². The van der Waals surface area contributed by atoms with E-state index in [4.69, 9.17) is 9.57 Å². The van der Waals surface area contributed by atoms with E-state index in [2.05, 4.69) is 5.16 Å². The zero-order valence-electron chi connectivity index (χ0n) is 9.53. The molecule has 0 aliphatic carbocycles. The predicted molar refractivity (Wildman–Crippen MR) is 60.9 cm³/mol. The van der Waals surface area contributed by atoms with Gasteiger partial charge in [-0.15, -0.1) is 0 Å². The standard InChI is InChI=1S/C11H10N2O5/c1-7(14)17-11-6-9(12-18-11)8-4-2-3-5-10(8)13(15)16/h2-5,11H,6H2,1H3. The highest BCUT2D eigenvalue weighted by atomic mass is 16.8. The van der Waals surface area contributed by atoms with Crippen molar-refractivity contribution in [2.45, 2.75) is 19.6 Å². The molecule has 1 heterocycles. The average molecular weight is 250 g/mol. The highest BCUT2D eigenvalue weighted by molar-refractivity contribution is 6.04. The van der Waals surface area contributed by atoms with Crippen LogP contribution in [-0.2, 0) is 14.4 Å². The first-order valence-corrected chi connectivity index (χ1v) is 5.21. The number of carbonyl (C=O) groups is 1. The van der Waals surface area contributed by atoms with Crippen LogP contribution in [0.1, 0.15) is 18.9 Å². The minimum Gasteiger partial charge on any atom is -0.423 e. The molecule has 7 nitrogen and oxygen atoms in total. The van der Waals surface area contributed by atoms with Crippen molar-refractivity contribution < 1.29 is 19.3 Å². The van der Waals surface area contributed by atoms with Crippen molar-refractivity contribution in [1.29, 1.82) is 0 Å². The lowest BCUT2D eigenvalue weighted by atomic mass is 10.1. The second-order valence-electron chi connectivity index (χ2n) is 3.66. The number of nitrogens with zero attached hydrogens (tertiary/aromatic N) is 2. The highest BCUT2D eigenvalue weighted by Gasteiger charge is 2.28. The Kier molecular flexibility index (Phi) is 3.22. The summed E-state index contributed by atoms with van der Waals surface area (Å²) in [7, 11) is 0. The van der Waals surface area contributed by atoms with Crippen LogP contribution >= 0.6 is 0 Å². The summed E-state index contributed by atoms with van der Waals surface area (Å²) in [6.07, 6.45) is -0.609. The number of rotatable bonds is 3. The summed E-state index contributed by atoms with van der Waals surface area (Å²) < 4.78 is 4.82. The van der Waals surface area contributed by atoms with Crippen LogP contribution in [0.25, 0.3) is 0 Å². The van der Waals surface area contributed by atoms with Crippen molar-refractivity contribution in [2.75, 3.05) is 0 Å². The van der Waals surface area contributed by atoms with Gasteiger partial charge in [-0.25, -0.2) is 0 Å². The molecule has 1 aromatic carbocycles. The number of hydrogen-bond donors (Lipinski definition) is 0. The third kappa shape index (κ3) is 2.45. The van der Waals surface area contributed by atoms with E-state index in [1.807, 2.05) is 0 Å². The summed E-state index contributed by atoms with van der Waals surface area (Å²) in [4.78, 5) is 26.0. The Labute approximate surface area is 102 Å². The molecule has 1 aromatic rings. The van der Waals surface area contributed by atoms with Gasteiger partial charge in [0.15, 0.2) is 0 Å². The van der Waals surface area contributed by atoms with Crippen LogP contribution in [0.4, 0.5) is 5.69 Å². The first-order valence-electron chi connectivity index (χ1n) is 5.21. The molecule has 18 heavy (non-hydrogen) atoms. The third-order valence-corrected chi connectivity index (χ3v) is 2.35. The first-order chi connectivity index (χ1) is 8.58. The van der Waals surface area contributed by atoms with Crippen LogP contribution < -0.4 is 0 Å². The van der Waals surface area contributed by atoms with E-state index in [0.29, 0.717) is 11.3 Å². The van der Waals surface area contributed by atoms with E-state index in [1.54, 1.807) is 18.2 Å². The molecule has 1 aliphatic rings. The molecule has 1 unspecified atom stereocenters. The van der Waals surface area contributed by atoms with Crippen LogP contribution in [0, 0.1) is 10.1 Å². The second kappa shape index (κ2) is 4.82. The number of nitro groups is 1. The SMILES string of the molecule is CC(=O)OC1CC(c2ccccc2[N+](=O)[O-])=NO1. The van der Waals surface area contributed by atoms with Gasteiger partial charge in [-0.3, -0.25) is 14.9 Å². The molecule has 0 amide bonds. The average Bonchev–Trinajstić information content (AvgIpc) is 2.76. The summed E-state index contributed by atoms with van der Waals surface area (Å²) in [5.74, 6) is -0.487. The van der Waals surface area contributed by atoms with E-state index < -0.39 is 17.2 Å². The molecular formula is C11H10N2O5. The number of benzene rings is 1. The zero-order chi connectivity index (χ0) is 13.1. The lowest BCUT2D eigenvalue weighted by molar-refractivity contribution is -0.385. The molecule has 0 spiro atoms. The van der Waals surface area contributed by atoms with E-state index in [0.717, 1.165) is 0 Å². The Morgan fingerprint density at radius 1 is 1.56 bits per heavy atom. The Morgan fingerprint density at radius 3 is 2.94 bits per heavy atom. The molecule has 0 saturated heterocycles. The number of ether oxygens (including phenoxy) is 1. The summed E-state index contributed by atoms with van der Waals surface area (Å²) in [6, 6.07) is 6.21. The van der Waals surface area contributed by atoms with E-state index >= 15 is 0 Å². The summed E-state index contributed by atoms with van der Waals surface area (Å²) >= 11 is 0. The fraction of sp³-hybridized carbons (Fsp3) is 0.273. The first kappa shape index (κ1) is 12.0. The van der Waals surface area contributed by atoms with Gasteiger partial charge in [0.1, 0.15) is 5.71 Å². The highest BCUT2D eigenvalue weighted by Crippen LogP contribution is 2.24.